The molecule has 0 saturated heterocycles. The summed E-state index contributed by atoms with van der Waals surface area (Å²) in [4.78, 5) is 7.29. The smallest absolute Gasteiger partial charge is 0.181 e. The fraction of sp³-hybridized carbons (Fsp3) is 0. The molecule has 2 rings (SSSR count). The average Bonchev–Trinajstić information content (AvgIpc) is 2.46. The van der Waals surface area contributed by atoms with Crippen molar-refractivity contribution in [1.82, 2.24) is 9.97 Å². The number of para-hydroxylation sites is 2. The molecule has 0 spiro atoms. The van der Waals surface area contributed by atoms with E-state index in [1.807, 2.05) is 24.3 Å². The van der Waals surface area contributed by atoms with E-state index >= 15 is 0 Å². The van der Waals surface area contributed by atoms with E-state index in [1.165, 1.54) is 0 Å². The number of hydrogen-bond acceptors (Lipinski definition) is 3. The van der Waals surface area contributed by atoms with E-state index in [2.05, 4.69) is 9.97 Å². The molecule has 2 aromatic rings. The standard InChI is InChI=1S/C7H7N3S/c8-11-7-9-5-3-1-2-4-6(5)10-7/h1-4H,8H2,(H,9,10). The van der Waals surface area contributed by atoms with E-state index in [0.717, 1.165) is 28.1 Å². The zero-order valence-corrected chi connectivity index (χ0v) is 6.56. The highest BCUT2D eigenvalue weighted by atomic mass is 32.2. The van der Waals surface area contributed by atoms with Crippen LogP contribution in [-0.2, 0) is 0 Å². The highest BCUT2D eigenvalue weighted by molar-refractivity contribution is 7.96. The second kappa shape index (κ2) is 2.56. The number of aromatic nitrogens is 2. The maximum atomic E-state index is 5.34. The van der Waals surface area contributed by atoms with Crippen LogP contribution < -0.4 is 5.14 Å². The lowest BCUT2D eigenvalue weighted by Gasteiger charge is -1.81. The van der Waals surface area contributed by atoms with Crippen molar-refractivity contribution < 1.29 is 0 Å². The number of hydrogen-bond donors (Lipinski definition) is 2. The summed E-state index contributed by atoms with van der Waals surface area (Å²) in [6.07, 6.45) is 0. The van der Waals surface area contributed by atoms with Crippen molar-refractivity contribution in [2.24, 2.45) is 5.14 Å². The highest BCUT2D eigenvalue weighted by Crippen LogP contribution is 2.14. The van der Waals surface area contributed by atoms with Gasteiger partial charge in [-0.25, -0.2) is 4.98 Å². The molecule has 0 radical (unpaired) electrons. The SMILES string of the molecule is NSc1nc2ccccc2[nH]1. The zero-order chi connectivity index (χ0) is 7.68. The van der Waals surface area contributed by atoms with Crippen molar-refractivity contribution >= 4 is 23.0 Å². The van der Waals surface area contributed by atoms with Gasteiger partial charge in [-0.3, -0.25) is 5.14 Å². The van der Waals surface area contributed by atoms with Gasteiger partial charge in [0.15, 0.2) is 5.16 Å². The van der Waals surface area contributed by atoms with Crippen molar-refractivity contribution in [1.29, 1.82) is 0 Å². The number of rotatable bonds is 1. The Morgan fingerprint density at radius 2 is 2.18 bits per heavy atom. The molecular formula is C7H7N3S. The summed E-state index contributed by atoms with van der Waals surface area (Å²) < 4.78 is 0. The first kappa shape index (κ1) is 6.69. The van der Waals surface area contributed by atoms with Crippen LogP contribution in [0.25, 0.3) is 11.0 Å². The molecule has 0 aliphatic heterocycles. The Balaban J connectivity index is 2.69. The van der Waals surface area contributed by atoms with Gasteiger partial charge in [0, 0.05) is 0 Å². The Hall–Kier alpha value is -1.00. The maximum Gasteiger partial charge on any atom is 0.181 e. The van der Waals surface area contributed by atoms with Crippen LogP contribution >= 0.6 is 11.9 Å². The van der Waals surface area contributed by atoms with Gasteiger partial charge >= 0.3 is 0 Å². The van der Waals surface area contributed by atoms with Crippen molar-refractivity contribution in [3.63, 3.8) is 0 Å². The van der Waals surface area contributed by atoms with Crippen molar-refractivity contribution in [3.05, 3.63) is 24.3 Å². The highest BCUT2D eigenvalue weighted by Gasteiger charge is 1.98. The van der Waals surface area contributed by atoms with Crippen molar-refractivity contribution in [2.45, 2.75) is 5.16 Å². The molecule has 0 fully saturated rings. The predicted molar refractivity (Wildman–Crippen MR) is 46.1 cm³/mol. The molecule has 0 aliphatic carbocycles. The van der Waals surface area contributed by atoms with Crippen LogP contribution in [0, 0.1) is 0 Å². The number of nitrogens with one attached hydrogen (secondary N) is 1. The Morgan fingerprint density at radius 1 is 1.36 bits per heavy atom. The molecule has 3 nitrogen and oxygen atoms in total. The molecule has 0 amide bonds. The zero-order valence-electron chi connectivity index (χ0n) is 5.74. The summed E-state index contributed by atoms with van der Waals surface area (Å²) in [6.45, 7) is 0. The van der Waals surface area contributed by atoms with Crippen LogP contribution in [0.4, 0.5) is 0 Å². The van der Waals surface area contributed by atoms with E-state index in [9.17, 15) is 0 Å². The third kappa shape index (κ3) is 1.10. The van der Waals surface area contributed by atoms with Gasteiger partial charge in [-0.2, -0.15) is 0 Å². The lowest BCUT2D eigenvalue weighted by Crippen LogP contribution is -1.79. The molecule has 1 heterocycles. The lowest BCUT2D eigenvalue weighted by molar-refractivity contribution is 1.08. The molecule has 0 saturated carbocycles. The topological polar surface area (TPSA) is 54.7 Å². The number of nitrogens with zero attached hydrogens (tertiary/aromatic N) is 1. The van der Waals surface area contributed by atoms with Crippen molar-refractivity contribution in [2.75, 3.05) is 0 Å². The third-order valence-electron chi connectivity index (χ3n) is 1.48. The number of imidazole rings is 1. The van der Waals surface area contributed by atoms with Crippen LogP contribution in [0.1, 0.15) is 0 Å². The Bertz CT molecular complexity index is 335. The van der Waals surface area contributed by atoms with Gasteiger partial charge < -0.3 is 4.98 Å². The summed E-state index contributed by atoms with van der Waals surface area (Å²) in [5.41, 5.74) is 1.99. The van der Waals surface area contributed by atoms with Gasteiger partial charge in [0.2, 0.25) is 0 Å². The number of H-pyrrole nitrogens is 1. The molecule has 0 aliphatic rings. The van der Waals surface area contributed by atoms with E-state index in [1.54, 1.807) is 0 Å². The minimum absolute atomic E-state index is 0.756. The monoisotopic (exact) mass is 165 g/mol. The summed E-state index contributed by atoms with van der Waals surface area (Å²) in [6, 6.07) is 7.84. The van der Waals surface area contributed by atoms with Gasteiger partial charge in [-0.15, -0.1) is 0 Å². The third-order valence-corrected chi connectivity index (χ3v) is 1.90. The molecule has 3 N–H and O–H groups in total. The van der Waals surface area contributed by atoms with Crippen molar-refractivity contribution in [3.8, 4) is 0 Å². The second-order valence-electron chi connectivity index (χ2n) is 2.18. The van der Waals surface area contributed by atoms with Crippen LogP contribution in [0.2, 0.25) is 0 Å². The normalized spacial score (nSPS) is 10.6. The number of benzene rings is 1. The van der Waals surface area contributed by atoms with Gasteiger partial charge in [0.1, 0.15) is 0 Å². The summed E-state index contributed by atoms with van der Waals surface area (Å²) in [5.74, 6) is 0. The Labute approximate surface area is 68.1 Å². The van der Waals surface area contributed by atoms with Gasteiger partial charge in [0.25, 0.3) is 0 Å². The summed E-state index contributed by atoms with van der Waals surface area (Å²) in [5, 5.41) is 6.09. The fourth-order valence-corrected chi connectivity index (χ4v) is 1.31. The van der Waals surface area contributed by atoms with E-state index in [-0.39, 0.29) is 0 Å². The molecule has 1 aromatic carbocycles. The number of fused-ring (bicyclic) bond motifs is 1. The first-order chi connectivity index (χ1) is 5.40. The Kier molecular flexibility index (Phi) is 1.56. The molecule has 0 atom stereocenters. The van der Waals surface area contributed by atoms with E-state index in [4.69, 9.17) is 5.14 Å². The number of aromatic amines is 1. The van der Waals surface area contributed by atoms with Crippen LogP contribution in [0.3, 0.4) is 0 Å². The fourth-order valence-electron chi connectivity index (χ4n) is 0.985. The molecule has 0 bridgehead atoms. The predicted octanol–water partition coefficient (Wildman–Crippen LogP) is 1.53. The maximum absolute atomic E-state index is 5.34. The molecule has 56 valence electrons. The van der Waals surface area contributed by atoms with E-state index in [0.29, 0.717) is 0 Å². The lowest BCUT2D eigenvalue weighted by atomic mass is 10.3. The number of nitrogens with two attached hydrogens (primary N) is 1. The van der Waals surface area contributed by atoms with Crippen LogP contribution in [0.15, 0.2) is 29.4 Å². The van der Waals surface area contributed by atoms with E-state index < -0.39 is 0 Å². The Morgan fingerprint density at radius 3 is 2.91 bits per heavy atom. The minimum atomic E-state index is 0.756. The van der Waals surface area contributed by atoms with Crippen LogP contribution in [0.5, 0.6) is 0 Å². The quantitative estimate of drug-likeness (QED) is 0.630. The van der Waals surface area contributed by atoms with Crippen LogP contribution in [-0.4, -0.2) is 9.97 Å². The van der Waals surface area contributed by atoms with Gasteiger partial charge in [-0.1, -0.05) is 12.1 Å². The first-order valence-corrected chi connectivity index (χ1v) is 4.09. The molecular weight excluding hydrogens is 158 g/mol. The molecule has 0 unspecified atom stereocenters. The average molecular weight is 165 g/mol. The minimum Gasteiger partial charge on any atom is -0.332 e. The summed E-state index contributed by atoms with van der Waals surface area (Å²) >= 11 is 1.13. The van der Waals surface area contributed by atoms with Gasteiger partial charge in [0.05, 0.1) is 11.0 Å². The molecule has 4 heteroatoms. The largest absolute Gasteiger partial charge is 0.332 e. The molecule has 1 aromatic heterocycles. The molecule has 11 heavy (non-hydrogen) atoms. The first-order valence-electron chi connectivity index (χ1n) is 3.21. The summed E-state index contributed by atoms with van der Waals surface area (Å²) in [7, 11) is 0. The van der Waals surface area contributed by atoms with Gasteiger partial charge in [-0.05, 0) is 24.1 Å². The second-order valence-corrected chi connectivity index (χ2v) is 2.80.